The molecule has 1 saturated heterocycles. The second-order valence-corrected chi connectivity index (χ2v) is 6.51. The fraction of sp³-hybridized carbons (Fsp3) is 0.417. The maximum atomic E-state index is 13.6. The lowest BCUT2D eigenvalue weighted by atomic mass is 10.1. The minimum absolute atomic E-state index is 0.0210. The third kappa shape index (κ3) is 3.48. The first kappa shape index (κ1) is 15.6. The van der Waals surface area contributed by atoms with Crippen molar-refractivity contribution in [3.63, 3.8) is 0 Å². The Balaban J connectivity index is 2.25. The molecule has 0 saturated carbocycles. The number of methoxy groups -OCH3 is 1. The van der Waals surface area contributed by atoms with Crippen LogP contribution < -0.4 is 14.8 Å². The van der Waals surface area contributed by atoms with Gasteiger partial charge in [0, 0.05) is 36.7 Å². The van der Waals surface area contributed by atoms with Gasteiger partial charge in [0.1, 0.15) is 0 Å². The standard InChI is InChI=1S/C12H14F2N2O4S/c1-20-12-9(13)3-8(4-10(12)14)16-5-7(2-11(16)17)6-21(15,18)19/h3-4,7H,2,5-6H2,1H3,(H2,15,18,19). The lowest BCUT2D eigenvalue weighted by Crippen LogP contribution is -2.27. The van der Waals surface area contributed by atoms with Crippen LogP contribution in [0.5, 0.6) is 5.75 Å². The first-order valence-corrected chi connectivity index (χ1v) is 7.76. The summed E-state index contributed by atoms with van der Waals surface area (Å²) in [5, 5.41) is 4.94. The molecule has 21 heavy (non-hydrogen) atoms. The number of carbonyl (C=O) groups is 1. The summed E-state index contributed by atoms with van der Waals surface area (Å²) in [5.74, 6) is -3.67. The summed E-state index contributed by atoms with van der Waals surface area (Å²) in [6, 6.07) is 1.94. The maximum absolute atomic E-state index is 13.6. The molecule has 1 unspecified atom stereocenters. The molecule has 1 atom stereocenters. The van der Waals surface area contributed by atoms with E-state index in [0.717, 1.165) is 24.1 Å². The van der Waals surface area contributed by atoms with Crippen molar-refractivity contribution < 1.29 is 26.7 Å². The van der Waals surface area contributed by atoms with Crippen molar-refractivity contribution in [2.75, 3.05) is 24.3 Å². The van der Waals surface area contributed by atoms with Gasteiger partial charge in [-0.3, -0.25) is 4.79 Å². The molecule has 0 bridgehead atoms. The minimum Gasteiger partial charge on any atom is -0.491 e. The molecule has 0 aliphatic carbocycles. The van der Waals surface area contributed by atoms with Crippen molar-refractivity contribution in [1.82, 2.24) is 0 Å². The number of nitrogens with two attached hydrogens (primary N) is 1. The summed E-state index contributed by atoms with van der Waals surface area (Å²) in [6.07, 6.45) is -0.0360. The number of sulfonamides is 1. The highest BCUT2D eigenvalue weighted by molar-refractivity contribution is 7.89. The van der Waals surface area contributed by atoms with Crippen molar-refractivity contribution in [3.05, 3.63) is 23.8 Å². The molecule has 1 aromatic rings. The number of carbonyl (C=O) groups excluding carboxylic acids is 1. The number of nitrogens with zero attached hydrogens (tertiary/aromatic N) is 1. The zero-order valence-electron chi connectivity index (χ0n) is 11.2. The van der Waals surface area contributed by atoms with E-state index in [2.05, 4.69) is 4.74 Å². The minimum atomic E-state index is -3.71. The largest absolute Gasteiger partial charge is 0.491 e. The van der Waals surface area contributed by atoms with Gasteiger partial charge in [0.05, 0.1) is 12.9 Å². The van der Waals surface area contributed by atoms with E-state index in [9.17, 15) is 22.0 Å². The molecule has 1 aliphatic rings. The van der Waals surface area contributed by atoms with Crippen LogP contribution >= 0.6 is 0 Å². The molecule has 1 amide bonds. The number of ether oxygens (including phenoxy) is 1. The molecule has 1 fully saturated rings. The van der Waals surface area contributed by atoms with Crippen LogP contribution in [-0.4, -0.2) is 33.7 Å². The van der Waals surface area contributed by atoms with E-state index in [-0.39, 0.29) is 24.4 Å². The Morgan fingerprint density at radius 2 is 1.95 bits per heavy atom. The van der Waals surface area contributed by atoms with Crippen LogP contribution in [0.3, 0.4) is 0 Å². The average molecular weight is 320 g/mol. The van der Waals surface area contributed by atoms with Crippen LogP contribution in [0.25, 0.3) is 0 Å². The van der Waals surface area contributed by atoms with Gasteiger partial charge in [0.15, 0.2) is 17.4 Å². The molecule has 116 valence electrons. The van der Waals surface area contributed by atoms with Gasteiger partial charge in [-0.15, -0.1) is 0 Å². The Labute approximate surface area is 120 Å². The van der Waals surface area contributed by atoms with Gasteiger partial charge in [-0.05, 0) is 0 Å². The Kier molecular flexibility index (Phi) is 4.15. The van der Waals surface area contributed by atoms with E-state index in [0.29, 0.717) is 0 Å². The zero-order valence-corrected chi connectivity index (χ0v) is 12.0. The van der Waals surface area contributed by atoms with E-state index < -0.39 is 39.2 Å². The number of amides is 1. The van der Waals surface area contributed by atoms with Crippen LogP contribution in [0, 0.1) is 17.6 Å². The van der Waals surface area contributed by atoms with E-state index >= 15 is 0 Å². The molecule has 1 aromatic carbocycles. The van der Waals surface area contributed by atoms with Crippen LogP contribution in [-0.2, 0) is 14.8 Å². The third-order valence-electron chi connectivity index (χ3n) is 3.17. The summed E-state index contributed by atoms with van der Waals surface area (Å²) in [4.78, 5) is 13.0. The van der Waals surface area contributed by atoms with Gasteiger partial charge in [-0.2, -0.15) is 0 Å². The number of primary sulfonamides is 1. The van der Waals surface area contributed by atoms with Crippen LogP contribution in [0.15, 0.2) is 12.1 Å². The van der Waals surface area contributed by atoms with Crippen molar-refractivity contribution in [3.8, 4) is 5.75 Å². The second-order valence-electron chi connectivity index (χ2n) is 4.85. The Bertz CT molecular complexity index is 655. The fourth-order valence-corrected chi connectivity index (χ4v) is 3.25. The topological polar surface area (TPSA) is 89.7 Å². The molecule has 0 aromatic heterocycles. The highest BCUT2D eigenvalue weighted by Crippen LogP contribution is 2.31. The monoisotopic (exact) mass is 320 g/mol. The van der Waals surface area contributed by atoms with E-state index in [4.69, 9.17) is 5.14 Å². The molecule has 0 radical (unpaired) electrons. The number of rotatable bonds is 4. The number of anilines is 1. The zero-order chi connectivity index (χ0) is 15.8. The SMILES string of the molecule is COc1c(F)cc(N2CC(CS(N)(=O)=O)CC2=O)cc1F. The lowest BCUT2D eigenvalue weighted by molar-refractivity contribution is -0.117. The second kappa shape index (κ2) is 5.57. The third-order valence-corrected chi connectivity index (χ3v) is 4.11. The van der Waals surface area contributed by atoms with Gasteiger partial charge >= 0.3 is 0 Å². The van der Waals surface area contributed by atoms with Gasteiger partial charge in [0.25, 0.3) is 0 Å². The van der Waals surface area contributed by atoms with Gasteiger partial charge < -0.3 is 9.64 Å². The van der Waals surface area contributed by atoms with Crippen molar-refractivity contribution in [2.45, 2.75) is 6.42 Å². The maximum Gasteiger partial charge on any atom is 0.227 e. The molecule has 2 N–H and O–H groups in total. The van der Waals surface area contributed by atoms with Crippen molar-refractivity contribution >= 4 is 21.6 Å². The van der Waals surface area contributed by atoms with Gasteiger partial charge in [-0.25, -0.2) is 22.3 Å². The van der Waals surface area contributed by atoms with Crippen LogP contribution in [0.2, 0.25) is 0 Å². The summed E-state index contributed by atoms with van der Waals surface area (Å²) in [5.41, 5.74) is 0.0210. The molecule has 2 rings (SSSR count). The van der Waals surface area contributed by atoms with Gasteiger partial charge in [0.2, 0.25) is 15.9 Å². The normalized spacial score (nSPS) is 19.1. The number of hydrogen-bond acceptors (Lipinski definition) is 4. The Morgan fingerprint density at radius 3 is 2.43 bits per heavy atom. The molecular formula is C12H14F2N2O4S. The molecular weight excluding hydrogens is 306 g/mol. The number of halogens is 2. The molecule has 6 nitrogen and oxygen atoms in total. The summed E-state index contributed by atoms with van der Waals surface area (Å²) in [6.45, 7) is 0.0421. The number of benzene rings is 1. The average Bonchev–Trinajstić information content (AvgIpc) is 2.67. The smallest absolute Gasteiger partial charge is 0.227 e. The van der Waals surface area contributed by atoms with E-state index in [1.54, 1.807) is 0 Å². The van der Waals surface area contributed by atoms with E-state index in [1.165, 1.54) is 0 Å². The van der Waals surface area contributed by atoms with Gasteiger partial charge in [-0.1, -0.05) is 0 Å². The Morgan fingerprint density at radius 1 is 1.38 bits per heavy atom. The first-order valence-electron chi connectivity index (χ1n) is 6.05. The summed E-state index contributed by atoms with van der Waals surface area (Å²) < 4.78 is 53.9. The Hall–Kier alpha value is -1.74. The first-order chi connectivity index (χ1) is 9.71. The van der Waals surface area contributed by atoms with Crippen LogP contribution in [0.4, 0.5) is 14.5 Å². The summed E-state index contributed by atoms with van der Waals surface area (Å²) >= 11 is 0. The summed E-state index contributed by atoms with van der Waals surface area (Å²) in [7, 11) is -2.58. The quantitative estimate of drug-likeness (QED) is 0.880. The van der Waals surface area contributed by atoms with E-state index in [1.807, 2.05) is 0 Å². The fourth-order valence-electron chi connectivity index (χ4n) is 2.37. The lowest BCUT2D eigenvalue weighted by Gasteiger charge is -2.17. The predicted molar refractivity (Wildman–Crippen MR) is 71.3 cm³/mol. The molecule has 9 heteroatoms. The molecule has 1 heterocycles. The van der Waals surface area contributed by atoms with Crippen LogP contribution in [0.1, 0.15) is 6.42 Å². The van der Waals surface area contributed by atoms with Crippen molar-refractivity contribution in [1.29, 1.82) is 0 Å². The highest BCUT2D eigenvalue weighted by Gasteiger charge is 2.33. The van der Waals surface area contributed by atoms with Crippen molar-refractivity contribution in [2.24, 2.45) is 11.1 Å². The molecule has 1 aliphatic heterocycles. The predicted octanol–water partition coefficient (Wildman–Crippen LogP) is 0.615. The highest BCUT2D eigenvalue weighted by atomic mass is 32.2. The number of hydrogen-bond donors (Lipinski definition) is 1. The molecule has 0 spiro atoms.